The zero-order valence-corrected chi connectivity index (χ0v) is 22.0. The summed E-state index contributed by atoms with van der Waals surface area (Å²) in [6.45, 7) is 0.156. The Labute approximate surface area is 230 Å². The Hall–Kier alpha value is -3.71. The molecule has 198 valence electrons. The number of benzene rings is 3. The van der Waals surface area contributed by atoms with Crippen LogP contribution in [0.3, 0.4) is 0 Å². The van der Waals surface area contributed by atoms with Gasteiger partial charge in [-0.1, -0.05) is 91.0 Å². The van der Waals surface area contributed by atoms with Crippen molar-refractivity contribution in [1.29, 1.82) is 0 Å². The predicted molar refractivity (Wildman–Crippen MR) is 153 cm³/mol. The molecule has 0 saturated carbocycles. The summed E-state index contributed by atoms with van der Waals surface area (Å²) >= 11 is 0. The van der Waals surface area contributed by atoms with Crippen molar-refractivity contribution in [3.63, 3.8) is 0 Å². The summed E-state index contributed by atoms with van der Waals surface area (Å²) in [6.07, 6.45) is 3.56. The van der Waals surface area contributed by atoms with Crippen LogP contribution in [0.5, 0.6) is 0 Å². The van der Waals surface area contributed by atoms with Crippen LogP contribution < -0.4 is 11.1 Å². The molecule has 4 aromatic rings. The summed E-state index contributed by atoms with van der Waals surface area (Å²) in [5.41, 5.74) is 11.4. The van der Waals surface area contributed by atoms with Crippen molar-refractivity contribution >= 4 is 18.5 Å². The van der Waals surface area contributed by atoms with E-state index in [9.17, 15) is 9.90 Å². The summed E-state index contributed by atoms with van der Waals surface area (Å²) in [5.74, 6) is 0. The Morgan fingerprint density at radius 3 is 2.08 bits per heavy atom. The average molecular weight is 532 g/mol. The fraction of sp³-hybridized carbons (Fsp3) is 0.226. The molecule has 0 unspecified atom stereocenters. The van der Waals surface area contributed by atoms with Crippen molar-refractivity contribution in [3.8, 4) is 11.1 Å². The first kappa shape index (κ1) is 28.9. The van der Waals surface area contributed by atoms with E-state index in [0.717, 1.165) is 27.8 Å². The van der Waals surface area contributed by atoms with E-state index in [-0.39, 0.29) is 25.1 Å². The lowest BCUT2D eigenvalue weighted by atomic mass is 9.93. The van der Waals surface area contributed by atoms with Gasteiger partial charge in [0.15, 0.2) is 0 Å². The van der Waals surface area contributed by atoms with Gasteiger partial charge in [-0.05, 0) is 53.1 Å². The number of ether oxygens (including phenoxy) is 1. The molecular weight excluding hydrogens is 498 g/mol. The van der Waals surface area contributed by atoms with Crippen LogP contribution in [-0.2, 0) is 24.2 Å². The molecule has 3 atom stereocenters. The van der Waals surface area contributed by atoms with E-state index in [1.165, 1.54) is 0 Å². The number of alkyl carbamates (subject to hydrolysis) is 1. The number of carbonyl (C=O) groups is 1. The van der Waals surface area contributed by atoms with Gasteiger partial charge in [-0.15, -0.1) is 12.4 Å². The topological polar surface area (TPSA) is 97.5 Å². The molecule has 3 aromatic carbocycles. The highest BCUT2D eigenvalue weighted by Crippen LogP contribution is 2.20. The third kappa shape index (κ3) is 8.99. The van der Waals surface area contributed by atoms with Gasteiger partial charge in [-0.2, -0.15) is 0 Å². The third-order valence-corrected chi connectivity index (χ3v) is 6.27. The highest BCUT2D eigenvalue weighted by molar-refractivity contribution is 5.85. The van der Waals surface area contributed by atoms with Crippen LogP contribution in [0.1, 0.15) is 23.1 Å². The van der Waals surface area contributed by atoms with Crippen molar-refractivity contribution in [1.82, 2.24) is 10.3 Å². The maximum atomic E-state index is 12.7. The number of rotatable bonds is 11. The SMILES string of the molecule is Cl.N[C@@H](Cc1ccccc1)C[C@H](O)[C@H](Cc1ccc(-c2cccnc2)cc1)NC(=O)OCc1ccccc1. The smallest absolute Gasteiger partial charge is 0.407 e. The van der Waals surface area contributed by atoms with Crippen molar-refractivity contribution in [2.24, 2.45) is 5.73 Å². The van der Waals surface area contributed by atoms with Crippen LogP contribution in [0.2, 0.25) is 0 Å². The Balaban J connectivity index is 0.00000400. The van der Waals surface area contributed by atoms with Gasteiger partial charge in [0.1, 0.15) is 6.61 Å². The van der Waals surface area contributed by atoms with Gasteiger partial charge in [0.05, 0.1) is 12.1 Å². The van der Waals surface area contributed by atoms with Crippen molar-refractivity contribution in [3.05, 3.63) is 126 Å². The number of carbonyl (C=O) groups excluding carboxylic acids is 1. The number of hydrogen-bond donors (Lipinski definition) is 3. The Morgan fingerprint density at radius 2 is 1.45 bits per heavy atom. The monoisotopic (exact) mass is 531 g/mol. The number of hydrogen-bond acceptors (Lipinski definition) is 5. The Morgan fingerprint density at radius 1 is 0.816 bits per heavy atom. The molecule has 0 saturated heterocycles. The largest absolute Gasteiger partial charge is 0.445 e. The molecule has 0 fully saturated rings. The molecule has 0 aliphatic carbocycles. The first-order chi connectivity index (χ1) is 18.1. The van der Waals surface area contributed by atoms with Crippen LogP contribution >= 0.6 is 12.4 Å². The van der Waals surface area contributed by atoms with Gasteiger partial charge >= 0.3 is 6.09 Å². The molecule has 0 aliphatic rings. The zero-order valence-electron chi connectivity index (χ0n) is 21.1. The lowest BCUT2D eigenvalue weighted by Gasteiger charge is -2.26. The first-order valence-corrected chi connectivity index (χ1v) is 12.5. The number of nitrogens with zero attached hydrogens (tertiary/aromatic N) is 1. The Kier molecular flexibility index (Phi) is 11.3. The minimum Gasteiger partial charge on any atom is -0.445 e. The van der Waals surface area contributed by atoms with Crippen LogP contribution in [0.15, 0.2) is 109 Å². The quantitative estimate of drug-likeness (QED) is 0.243. The van der Waals surface area contributed by atoms with E-state index in [4.69, 9.17) is 10.5 Å². The molecule has 0 aliphatic heterocycles. The second-order valence-electron chi connectivity index (χ2n) is 9.21. The van der Waals surface area contributed by atoms with E-state index in [0.29, 0.717) is 19.3 Å². The van der Waals surface area contributed by atoms with E-state index >= 15 is 0 Å². The normalized spacial score (nSPS) is 13.0. The molecule has 1 heterocycles. The van der Waals surface area contributed by atoms with E-state index < -0.39 is 18.2 Å². The molecule has 0 bridgehead atoms. The van der Waals surface area contributed by atoms with Crippen LogP contribution in [0.4, 0.5) is 4.79 Å². The minimum absolute atomic E-state index is 0. The van der Waals surface area contributed by atoms with Gasteiger partial charge in [0.25, 0.3) is 0 Å². The second kappa shape index (κ2) is 14.9. The maximum absolute atomic E-state index is 12.7. The highest BCUT2D eigenvalue weighted by Gasteiger charge is 2.25. The first-order valence-electron chi connectivity index (χ1n) is 12.5. The number of pyridine rings is 1. The molecule has 38 heavy (non-hydrogen) atoms. The van der Waals surface area contributed by atoms with Gasteiger partial charge in [-0.25, -0.2) is 4.79 Å². The van der Waals surface area contributed by atoms with E-state index in [1.54, 1.807) is 6.20 Å². The number of nitrogens with one attached hydrogen (secondary N) is 1. The number of aliphatic hydroxyl groups is 1. The van der Waals surface area contributed by atoms with Crippen LogP contribution in [0.25, 0.3) is 11.1 Å². The number of nitrogens with two attached hydrogens (primary N) is 1. The lowest BCUT2D eigenvalue weighted by Crippen LogP contribution is -2.47. The summed E-state index contributed by atoms with van der Waals surface area (Å²) < 4.78 is 5.42. The maximum Gasteiger partial charge on any atom is 0.407 e. The van der Waals surface area contributed by atoms with Crippen molar-refractivity contribution < 1.29 is 14.6 Å². The van der Waals surface area contributed by atoms with Gasteiger partial charge < -0.3 is 20.9 Å². The number of aliphatic hydroxyl groups excluding tert-OH is 1. The molecular formula is C31H34ClN3O3. The standard InChI is InChI=1S/C31H33N3O3.ClH/c32-28(18-23-8-3-1-4-9-23)20-30(35)29(34-31(36)37-22-25-10-5-2-6-11-25)19-24-13-15-26(16-14-24)27-12-7-17-33-21-27;/h1-17,21,28-30,35H,18-20,22,32H2,(H,34,36);1H/t28-,29-,30-;/m0./s1. The molecule has 7 heteroatoms. The zero-order chi connectivity index (χ0) is 25.9. The number of amides is 1. The van der Waals surface area contributed by atoms with E-state index in [2.05, 4.69) is 10.3 Å². The number of halogens is 1. The van der Waals surface area contributed by atoms with Crippen molar-refractivity contribution in [2.75, 3.05) is 0 Å². The van der Waals surface area contributed by atoms with Crippen LogP contribution in [0, 0.1) is 0 Å². The Bertz CT molecular complexity index is 1230. The predicted octanol–water partition coefficient (Wildman–Crippen LogP) is 5.33. The average Bonchev–Trinajstić information content (AvgIpc) is 2.93. The molecule has 1 amide bonds. The molecule has 0 radical (unpaired) electrons. The van der Waals surface area contributed by atoms with E-state index in [1.807, 2.05) is 103 Å². The molecule has 4 N–H and O–H groups in total. The molecule has 0 spiro atoms. The highest BCUT2D eigenvalue weighted by atomic mass is 35.5. The third-order valence-electron chi connectivity index (χ3n) is 6.27. The van der Waals surface area contributed by atoms with Gasteiger partial charge in [0.2, 0.25) is 0 Å². The molecule has 6 nitrogen and oxygen atoms in total. The summed E-state index contributed by atoms with van der Waals surface area (Å²) in [6, 6.07) is 30.6. The fourth-order valence-electron chi connectivity index (χ4n) is 4.29. The van der Waals surface area contributed by atoms with Gasteiger partial charge in [0, 0.05) is 18.4 Å². The molecule has 1 aromatic heterocycles. The molecule has 4 rings (SSSR count). The van der Waals surface area contributed by atoms with Crippen LogP contribution in [-0.4, -0.2) is 34.4 Å². The summed E-state index contributed by atoms with van der Waals surface area (Å²) in [4.78, 5) is 16.8. The summed E-state index contributed by atoms with van der Waals surface area (Å²) in [5, 5.41) is 14.0. The lowest BCUT2D eigenvalue weighted by molar-refractivity contribution is 0.0922. The minimum atomic E-state index is -0.846. The summed E-state index contributed by atoms with van der Waals surface area (Å²) in [7, 11) is 0. The fourth-order valence-corrected chi connectivity index (χ4v) is 4.29. The van der Waals surface area contributed by atoms with Crippen molar-refractivity contribution in [2.45, 2.75) is 44.1 Å². The number of aromatic nitrogens is 1. The second-order valence-corrected chi connectivity index (χ2v) is 9.21. The van der Waals surface area contributed by atoms with Gasteiger partial charge in [-0.3, -0.25) is 4.98 Å².